The molecule has 0 radical (unpaired) electrons. The van der Waals surface area contributed by atoms with Crippen molar-refractivity contribution in [1.82, 2.24) is 10.6 Å². The molecule has 0 fully saturated rings. The van der Waals surface area contributed by atoms with Gasteiger partial charge >= 0.3 is 5.97 Å². The molecule has 9 heteroatoms. The topological polar surface area (TPSA) is 142 Å². The van der Waals surface area contributed by atoms with Crippen LogP contribution in [0.2, 0.25) is 0 Å². The van der Waals surface area contributed by atoms with Gasteiger partial charge in [-0.3, -0.25) is 9.59 Å². The summed E-state index contributed by atoms with van der Waals surface area (Å²) in [5.41, 5.74) is 5.69. The van der Waals surface area contributed by atoms with Gasteiger partial charge in [0.1, 0.15) is 12.1 Å². The summed E-state index contributed by atoms with van der Waals surface area (Å²) in [4.78, 5) is 35.2. The van der Waals surface area contributed by atoms with Gasteiger partial charge in [0.25, 0.3) is 0 Å². The standard InChI is InChI=1S/C14H27N3O5S/c1-4-8(2)11(14(21)22)17-13(20)10(7-18)16-12(19)9(15)5-6-23-3/h8-11,18H,4-7,15H2,1-3H3,(H,16,19)(H,17,20)(H,21,22)/t8-,9-,10-,11-/m0/s1. The number of carbonyl (C=O) groups is 3. The first-order valence-corrected chi connectivity index (χ1v) is 8.86. The van der Waals surface area contributed by atoms with Crippen LogP contribution in [0, 0.1) is 5.92 Å². The maximum Gasteiger partial charge on any atom is 0.326 e. The summed E-state index contributed by atoms with van der Waals surface area (Å²) >= 11 is 1.54. The third-order valence-corrected chi connectivity index (χ3v) is 4.21. The highest BCUT2D eigenvalue weighted by atomic mass is 32.2. The molecule has 0 aromatic rings. The molecule has 0 bridgehead atoms. The zero-order chi connectivity index (χ0) is 18.0. The molecule has 0 spiro atoms. The molecule has 0 saturated heterocycles. The lowest BCUT2D eigenvalue weighted by molar-refractivity contribution is -0.144. The number of hydrogen-bond donors (Lipinski definition) is 5. The molecular weight excluding hydrogens is 322 g/mol. The number of amides is 2. The Balaban J connectivity index is 4.73. The van der Waals surface area contributed by atoms with Crippen LogP contribution >= 0.6 is 11.8 Å². The number of aliphatic hydroxyl groups excluding tert-OH is 1. The van der Waals surface area contributed by atoms with Crippen LogP contribution in [-0.4, -0.2) is 64.7 Å². The summed E-state index contributed by atoms with van der Waals surface area (Å²) in [6, 6.07) is -3.09. The number of carboxylic acids is 1. The number of carbonyl (C=O) groups excluding carboxylic acids is 2. The summed E-state index contributed by atoms with van der Waals surface area (Å²) in [6.45, 7) is 2.87. The highest BCUT2D eigenvalue weighted by Crippen LogP contribution is 2.08. The van der Waals surface area contributed by atoms with E-state index >= 15 is 0 Å². The van der Waals surface area contributed by atoms with Crippen molar-refractivity contribution in [2.75, 3.05) is 18.6 Å². The van der Waals surface area contributed by atoms with E-state index < -0.39 is 42.5 Å². The Morgan fingerprint density at radius 3 is 2.26 bits per heavy atom. The summed E-state index contributed by atoms with van der Waals surface area (Å²) in [5.74, 6) is -2.04. The SMILES string of the molecule is CC[C@H](C)[C@H](NC(=O)[C@H](CO)NC(=O)[C@@H](N)CCSC)C(=O)O. The molecule has 23 heavy (non-hydrogen) atoms. The second-order valence-electron chi connectivity index (χ2n) is 5.34. The Morgan fingerprint density at radius 1 is 1.22 bits per heavy atom. The van der Waals surface area contributed by atoms with Gasteiger partial charge in [-0.1, -0.05) is 20.3 Å². The molecule has 0 aliphatic rings. The lowest BCUT2D eigenvalue weighted by atomic mass is 9.99. The molecule has 0 rings (SSSR count). The average Bonchev–Trinajstić information content (AvgIpc) is 2.53. The van der Waals surface area contributed by atoms with Gasteiger partial charge in [-0.2, -0.15) is 11.8 Å². The maximum absolute atomic E-state index is 12.1. The van der Waals surface area contributed by atoms with Crippen molar-refractivity contribution in [3.05, 3.63) is 0 Å². The first kappa shape index (κ1) is 21.7. The van der Waals surface area contributed by atoms with Crippen molar-refractivity contribution < 1.29 is 24.6 Å². The second-order valence-corrected chi connectivity index (χ2v) is 6.33. The largest absolute Gasteiger partial charge is 0.480 e. The molecular formula is C14H27N3O5S. The zero-order valence-electron chi connectivity index (χ0n) is 13.7. The lowest BCUT2D eigenvalue weighted by Crippen LogP contribution is -2.56. The zero-order valence-corrected chi connectivity index (χ0v) is 14.6. The van der Waals surface area contributed by atoms with Gasteiger partial charge in [-0.05, 0) is 24.3 Å². The number of carboxylic acid groups (broad SMARTS) is 1. The van der Waals surface area contributed by atoms with Crippen LogP contribution < -0.4 is 16.4 Å². The Hall–Kier alpha value is -1.32. The summed E-state index contributed by atoms with van der Waals surface area (Å²) in [6.07, 6.45) is 2.89. The van der Waals surface area contributed by atoms with Gasteiger partial charge in [0, 0.05) is 0 Å². The van der Waals surface area contributed by atoms with Gasteiger partial charge in [0.2, 0.25) is 11.8 Å². The fourth-order valence-electron chi connectivity index (χ4n) is 1.79. The molecule has 0 unspecified atom stereocenters. The molecule has 4 atom stereocenters. The smallest absolute Gasteiger partial charge is 0.326 e. The number of hydrogen-bond acceptors (Lipinski definition) is 6. The maximum atomic E-state index is 12.1. The third-order valence-electron chi connectivity index (χ3n) is 3.56. The van der Waals surface area contributed by atoms with Crippen LogP contribution in [0.5, 0.6) is 0 Å². The molecule has 2 amide bonds. The highest BCUT2D eigenvalue weighted by molar-refractivity contribution is 7.98. The van der Waals surface area contributed by atoms with Crippen molar-refractivity contribution in [2.45, 2.75) is 44.8 Å². The van der Waals surface area contributed by atoms with E-state index in [0.717, 1.165) is 0 Å². The van der Waals surface area contributed by atoms with Crippen molar-refractivity contribution in [3.63, 3.8) is 0 Å². The molecule has 0 heterocycles. The molecule has 134 valence electrons. The van der Waals surface area contributed by atoms with Crippen molar-refractivity contribution in [2.24, 2.45) is 11.7 Å². The van der Waals surface area contributed by atoms with Gasteiger partial charge in [-0.15, -0.1) is 0 Å². The minimum Gasteiger partial charge on any atom is -0.480 e. The van der Waals surface area contributed by atoms with E-state index in [0.29, 0.717) is 18.6 Å². The predicted molar refractivity (Wildman–Crippen MR) is 89.0 cm³/mol. The van der Waals surface area contributed by atoms with Crippen molar-refractivity contribution in [3.8, 4) is 0 Å². The molecule has 0 aromatic heterocycles. The van der Waals surface area contributed by atoms with E-state index in [1.807, 2.05) is 13.2 Å². The van der Waals surface area contributed by atoms with E-state index in [2.05, 4.69) is 10.6 Å². The Kier molecular flexibility index (Phi) is 10.6. The molecule has 0 saturated carbocycles. The molecule has 6 N–H and O–H groups in total. The van der Waals surface area contributed by atoms with Gasteiger partial charge in [-0.25, -0.2) is 4.79 Å². The van der Waals surface area contributed by atoms with E-state index in [9.17, 15) is 19.5 Å². The molecule has 0 aromatic carbocycles. The second kappa shape index (κ2) is 11.3. The van der Waals surface area contributed by atoms with Crippen molar-refractivity contribution in [1.29, 1.82) is 0 Å². The lowest BCUT2D eigenvalue weighted by Gasteiger charge is -2.24. The average molecular weight is 349 g/mol. The number of nitrogens with two attached hydrogens (primary N) is 1. The van der Waals surface area contributed by atoms with E-state index in [4.69, 9.17) is 10.8 Å². The highest BCUT2D eigenvalue weighted by Gasteiger charge is 2.29. The van der Waals surface area contributed by atoms with Gasteiger partial charge in [0.15, 0.2) is 0 Å². The van der Waals surface area contributed by atoms with Crippen LogP contribution in [0.4, 0.5) is 0 Å². The summed E-state index contributed by atoms with van der Waals surface area (Å²) < 4.78 is 0. The van der Waals surface area contributed by atoms with Crippen molar-refractivity contribution >= 4 is 29.5 Å². The van der Waals surface area contributed by atoms with Crippen LogP contribution in [0.1, 0.15) is 26.7 Å². The molecule has 0 aliphatic heterocycles. The minimum absolute atomic E-state index is 0.282. The van der Waals surface area contributed by atoms with Crippen LogP contribution in [0.3, 0.4) is 0 Å². The van der Waals surface area contributed by atoms with E-state index in [-0.39, 0.29) is 5.92 Å². The molecule has 8 nitrogen and oxygen atoms in total. The summed E-state index contributed by atoms with van der Waals surface area (Å²) in [7, 11) is 0. The third kappa shape index (κ3) is 7.67. The van der Waals surface area contributed by atoms with E-state index in [1.165, 1.54) is 0 Å². The number of aliphatic hydroxyl groups is 1. The van der Waals surface area contributed by atoms with E-state index in [1.54, 1.807) is 18.7 Å². The predicted octanol–water partition coefficient (Wildman–Crippen LogP) is -0.841. The molecule has 0 aliphatic carbocycles. The van der Waals surface area contributed by atoms with Crippen LogP contribution in [0.25, 0.3) is 0 Å². The minimum atomic E-state index is -1.23. The Bertz CT molecular complexity index is 408. The van der Waals surface area contributed by atoms with Crippen LogP contribution in [0.15, 0.2) is 0 Å². The van der Waals surface area contributed by atoms with Crippen LogP contribution in [-0.2, 0) is 14.4 Å². The fourth-order valence-corrected chi connectivity index (χ4v) is 2.28. The monoisotopic (exact) mass is 349 g/mol. The quantitative estimate of drug-likeness (QED) is 0.327. The number of rotatable bonds is 11. The number of nitrogens with one attached hydrogen (secondary N) is 2. The Morgan fingerprint density at radius 2 is 1.83 bits per heavy atom. The Labute approximate surface area is 140 Å². The number of aliphatic carboxylic acids is 1. The fraction of sp³-hybridized carbons (Fsp3) is 0.786. The first-order chi connectivity index (χ1) is 10.8. The van der Waals surface area contributed by atoms with Gasteiger partial charge in [0.05, 0.1) is 12.6 Å². The number of thioether (sulfide) groups is 1. The first-order valence-electron chi connectivity index (χ1n) is 7.47. The summed E-state index contributed by atoms with van der Waals surface area (Å²) in [5, 5.41) is 23.1. The van der Waals surface area contributed by atoms with Gasteiger partial charge < -0.3 is 26.6 Å². The normalized spacial score (nSPS) is 16.0.